The van der Waals surface area contributed by atoms with E-state index in [4.69, 9.17) is 0 Å². The van der Waals surface area contributed by atoms with Crippen LogP contribution in [0.25, 0.3) is 0 Å². The monoisotopic (exact) mass is 227 g/mol. The Bertz CT molecular complexity index is 226. The topological polar surface area (TPSA) is 46.2 Å². The van der Waals surface area contributed by atoms with Crippen LogP contribution in [0.4, 0.5) is 0 Å². The number of amides is 1. The van der Waals surface area contributed by atoms with Crippen molar-refractivity contribution in [1.29, 1.82) is 0 Å². The molecule has 0 saturated heterocycles. The predicted octanol–water partition coefficient (Wildman–Crippen LogP) is 2.69. The third kappa shape index (κ3) is 5.29. The molecule has 0 aliphatic carbocycles. The van der Waals surface area contributed by atoms with E-state index in [1.54, 1.807) is 6.92 Å². The molecular weight excluding hydrogens is 202 g/mol. The molecule has 2 unspecified atom stereocenters. The molecule has 3 heteroatoms. The van der Waals surface area contributed by atoms with Gasteiger partial charge in [0, 0.05) is 12.3 Å². The molecule has 0 aromatic carbocycles. The first kappa shape index (κ1) is 15.1. The number of nitrogens with one attached hydrogen (secondary N) is 1. The fourth-order valence-corrected chi connectivity index (χ4v) is 1.69. The molecule has 16 heavy (non-hydrogen) atoms. The van der Waals surface area contributed by atoms with E-state index in [0.717, 1.165) is 25.7 Å². The van der Waals surface area contributed by atoms with Crippen molar-refractivity contribution in [3.8, 4) is 0 Å². The van der Waals surface area contributed by atoms with Crippen LogP contribution in [0.1, 0.15) is 59.8 Å². The molecule has 2 atom stereocenters. The normalized spacial score (nSPS) is 14.2. The number of hydrogen-bond donors (Lipinski definition) is 1. The lowest BCUT2D eigenvalue weighted by atomic mass is 9.98. The van der Waals surface area contributed by atoms with Gasteiger partial charge in [-0.2, -0.15) is 0 Å². The molecule has 0 rings (SSSR count). The van der Waals surface area contributed by atoms with Crippen LogP contribution < -0.4 is 5.32 Å². The van der Waals surface area contributed by atoms with E-state index in [9.17, 15) is 9.59 Å². The minimum atomic E-state index is -0.340. The highest BCUT2D eigenvalue weighted by Crippen LogP contribution is 2.12. The number of hydrogen-bond acceptors (Lipinski definition) is 2. The SMILES string of the molecule is CCCCC(CC)C(=O)NC(C)C(=O)CC. The summed E-state index contributed by atoms with van der Waals surface area (Å²) < 4.78 is 0. The standard InChI is InChI=1S/C13H25NO2/c1-5-8-9-11(6-2)13(16)14-10(4)12(15)7-3/h10-11H,5-9H2,1-4H3,(H,14,16). The Kier molecular flexibility index (Phi) is 7.86. The minimum Gasteiger partial charge on any atom is -0.346 e. The van der Waals surface area contributed by atoms with Gasteiger partial charge in [-0.25, -0.2) is 0 Å². The van der Waals surface area contributed by atoms with Crippen molar-refractivity contribution in [2.75, 3.05) is 0 Å². The summed E-state index contributed by atoms with van der Waals surface area (Å²) in [7, 11) is 0. The van der Waals surface area contributed by atoms with Crippen LogP contribution in [-0.2, 0) is 9.59 Å². The van der Waals surface area contributed by atoms with E-state index in [0.29, 0.717) is 6.42 Å². The maximum atomic E-state index is 11.8. The summed E-state index contributed by atoms with van der Waals surface area (Å²) in [4.78, 5) is 23.2. The van der Waals surface area contributed by atoms with Crippen LogP contribution >= 0.6 is 0 Å². The first-order valence-electron chi connectivity index (χ1n) is 6.39. The number of unbranched alkanes of at least 4 members (excludes halogenated alkanes) is 1. The van der Waals surface area contributed by atoms with E-state index in [1.165, 1.54) is 0 Å². The van der Waals surface area contributed by atoms with Crippen molar-refractivity contribution in [3.63, 3.8) is 0 Å². The number of rotatable bonds is 8. The molecule has 1 amide bonds. The summed E-state index contributed by atoms with van der Waals surface area (Å²) in [5, 5.41) is 2.80. The van der Waals surface area contributed by atoms with Crippen LogP contribution in [0.2, 0.25) is 0 Å². The highest BCUT2D eigenvalue weighted by molar-refractivity contribution is 5.89. The first-order valence-corrected chi connectivity index (χ1v) is 6.39. The Morgan fingerprint density at radius 2 is 1.81 bits per heavy atom. The highest BCUT2D eigenvalue weighted by Gasteiger charge is 2.19. The Labute approximate surface area is 99.0 Å². The van der Waals surface area contributed by atoms with E-state index in [1.807, 2.05) is 13.8 Å². The van der Waals surface area contributed by atoms with Crippen molar-refractivity contribution >= 4 is 11.7 Å². The molecular formula is C13H25NO2. The Morgan fingerprint density at radius 3 is 2.25 bits per heavy atom. The molecule has 0 radical (unpaired) electrons. The van der Waals surface area contributed by atoms with Gasteiger partial charge in [0.15, 0.2) is 5.78 Å². The number of carbonyl (C=O) groups is 2. The largest absolute Gasteiger partial charge is 0.346 e. The van der Waals surface area contributed by atoms with Gasteiger partial charge in [-0.05, 0) is 19.8 Å². The molecule has 94 valence electrons. The Hall–Kier alpha value is -0.860. The zero-order valence-corrected chi connectivity index (χ0v) is 11.0. The van der Waals surface area contributed by atoms with Crippen LogP contribution in [-0.4, -0.2) is 17.7 Å². The fraction of sp³-hybridized carbons (Fsp3) is 0.846. The molecule has 0 aromatic heterocycles. The van der Waals surface area contributed by atoms with E-state index in [2.05, 4.69) is 12.2 Å². The average molecular weight is 227 g/mol. The smallest absolute Gasteiger partial charge is 0.223 e. The molecule has 0 aliphatic heterocycles. The molecule has 0 aromatic rings. The van der Waals surface area contributed by atoms with Crippen molar-refractivity contribution < 1.29 is 9.59 Å². The second-order valence-electron chi connectivity index (χ2n) is 4.30. The summed E-state index contributed by atoms with van der Waals surface area (Å²) in [6, 6.07) is -0.340. The molecule has 0 heterocycles. The molecule has 0 fully saturated rings. The van der Waals surface area contributed by atoms with Gasteiger partial charge in [-0.15, -0.1) is 0 Å². The van der Waals surface area contributed by atoms with Crippen LogP contribution in [0.3, 0.4) is 0 Å². The molecule has 0 bridgehead atoms. The Morgan fingerprint density at radius 1 is 1.19 bits per heavy atom. The number of ketones is 1. The molecule has 0 spiro atoms. The zero-order chi connectivity index (χ0) is 12.6. The van der Waals surface area contributed by atoms with Crippen LogP contribution in [0, 0.1) is 5.92 Å². The van der Waals surface area contributed by atoms with E-state index in [-0.39, 0.29) is 23.7 Å². The van der Waals surface area contributed by atoms with Gasteiger partial charge < -0.3 is 5.32 Å². The second-order valence-corrected chi connectivity index (χ2v) is 4.30. The average Bonchev–Trinajstić information content (AvgIpc) is 2.28. The van der Waals surface area contributed by atoms with Crippen molar-refractivity contribution in [1.82, 2.24) is 5.32 Å². The van der Waals surface area contributed by atoms with Gasteiger partial charge >= 0.3 is 0 Å². The lowest BCUT2D eigenvalue weighted by Gasteiger charge is -2.18. The highest BCUT2D eigenvalue weighted by atomic mass is 16.2. The lowest BCUT2D eigenvalue weighted by Crippen LogP contribution is -2.41. The molecule has 1 N–H and O–H groups in total. The summed E-state index contributed by atoms with van der Waals surface area (Å²) in [6.45, 7) is 7.72. The maximum Gasteiger partial charge on any atom is 0.223 e. The van der Waals surface area contributed by atoms with E-state index < -0.39 is 0 Å². The number of carbonyl (C=O) groups excluding carboxylic acids is 2. The minimum absolute atomic E-state index is 0.0326. The van der Waals surface area contributed by atoms with Crippen molar-refractivity contribution in [2.45, 2.75) is 65.8 Å². The van der Waals surface area contributed by atoms with Gasteiger partial charge in [0.1, 0.15) is 0 Å². The van der Waals surface area contributed by atoms with Gasteiger partial charge in [-0.3, -0.25) is 9.59 Å². The zero-order valence-electron chi connectivity index (χ0n) is 11.0. The third-order valence-electron chi connectivity index (χ3n) is 2.96. The molecule has 0 aliphatic rings. The molecule has 0 saturated carbocycles. The summed E-state index contributed by atoms with van der Waals surface area (Å²) in [5.41, 5.74) is 0. The van der Waals surface area contributed by atoms with Gasteiger partial charge in [0.2, 0.25) is 5.91 Å². The van der Waals surface area contributed by atoms with Crippen LogP contribution in [0.15, 0.2) is 0 Å². The summed E-state index contributed by atoms with van der Waals surface area (Å²) >= 11 is 0. The fourth-order valence-electron chi connectivity index (χ4n) is 1.69. The molecule has 3 nitrogen and oxygen atoms in total. The predicted molar refractivity (Wildman–Crippen MR) is 66.2 cm³/mol. The maximum absolute atomic E-state index is 11.8. The quantitative estimate of drug-likeness (QED) is 0.693. The first-order chi connectivity index (χ1) is 7.56. The van der Waals surface area contributed by atoms with Gasteiger partial charge in [-0.1, -0.05) is 33.6 Å². The second kappa shape index (κ2) is 8.31. The number of Topliss-reactive ketones (excluding diaryl/α,β-unsaturated/α-hetero) is 1. The van der Waals surface area contributed by atoms with E-state index >= 15 is 0 Å². The summed E-state index contributed by atoms with van der Waals surface area (Å²) in [5.74, 6) is 0.191. The lowest BCUT2D eigenvalue weighted by molar-refractivity contribution is -0.130. The summed E-state index contributed by atoms with van der Waals surface area (Å²) in [6.07, 6.45) is 4.42. The van der Waals surface area contributed by atoms with Crippen molar-refractivity contribution in [3.05, 3.63) is 0 Å². The third-order valence-corrected chi connectivity index (χ3v) is 2.96. The van der Waals surface area contributed by atoms with Gasteiger partial charge in [0.25, 0.3) is 0 Å². The van der Waals surface area contributed by atoms with Crippen molar-refractivity contribution in [2.24, 2.45) is 5.92 Å². The van der Waals surface area contributed by atoms with Crippen LogP contribution in [0.5, 0.6) is 0 Å². The Balaban J connectivity index is 4.14. The van der Waals surface area contributed by atoms with Gasteiger partial charge in [0.05, 0.1) is 6.04 Å².